The predicted octanol–water partition coefficient (Wildman–Crippen LogP) is 7.61. The molecule has 0 bridgehead atoms. The maximum Gasteiger partial charge on any atom is 0.120 e. The SMILES string of the molecule is [2H]C([2H])([2H])c1ccc(-c2[c-]ccc3c2oc2ccccc23)nc1.[2H]C([2H])c1ccc(-c2[c-]cccc2)nc1.[Ir]. The van der Waals surface area contributed by atoms with Gasteiger partial charge in [-0.15, -0.1) is 54.1 Å². The van der Waals surface area contributed by atoms with Crippen molar-refractivity contribution in [1.82, 2.24) is 9.97 Å². The molecule has 0 spiro atoms. The molecule has 0 saturated carbocycles. The Labute approximate surface area is 219 Å². The second-order valence-corrected chi connectivity index (χ2v) is 7.38. The number of aromatic nitrogens is 2. The number of nitrogens with zero attached hydrogens (tertiary/aromatic N) is 2. The van der Waals surface area contributed by atoms with E-state index in [-0.39, 0.29) is 25.7 Å². The van der Waals surface area contributed by atoms with Gasteiger partial charge in [0, 0.05) is 44.7 Å². The average molecular weight is 624 g/mol. The zero-order valence-corrected chi connectivity index (χ0v) is 20.3. The Kier molecular flexibility index (Phi) is 5.54. The number of hydrogen-bond donors (Lipinski definition) is 0. The second kappa shape index (κ2) is 10.6. The zero-order chi connectivity index (χ0) is 26.7. The van der Waals surface area contributed by atoms with Crippen LogP contribution in [-0.4, -0.2) is 9.97 Å². The third kappa shape index (κ3) is 4.99. The molecule has 0 amide bonds. The Morgan fingerprint density at radius 3 is 2.26 bits per heavy atom. The van der Waals surface area contributed by atoms with Gasteiger partial charge in [-0.05, 0) is 42.3 Å². The standard InChI is InChI=1S/C18H12NO.C12H10N.Ir/c1-12-9-10-16(19-11-12)15-7-4-6-14-13-5-2-3-8-17(13)20-18(14)15;1-10-7-8-12(13-9-10)11-5-3-2-4-6-11;/h2-6,8-11H,1H3;2-5,7-9H,1H3;/q2*-1;/i1D3;1D2;. The Morgan fingerprint density at radius 2 is 1.53 bits per heavy atom. The molecule has 0 N–H and O–H groups in total. The molecule has 0 aliphatic heterocycles. The van der Waals surface area contributed by atoms with Gasteiger partial charge in [-0.3, -0.25) is 0 Å². The molecule has 3 aromatic heterocycles. The molecule has 0 atom stereocenters. The van der Waals surface area contributed by atoms with E-state index in [0.29, 0.717) is 16.8 Å². The number of benzene rings is 3. The van der Waals surface area contributed by atoms with Gasteiger partial charge in [-0.1, -0.05) is 53.4 Å². The maximum absolute atomic E-state index is 7.42. The second-order valence-electron chi connectivity index (χ2n) is 7.38. The Morgan fingerprint density at radius 1 is 0.735 bits per heavy atom. The minimum atomic E-state index is -2.15. The van der Waals surface area contributed by atoms with Gasteiger partial charge >= 0.3 is 0 Å². The van der Waals surface area contributed by atoms with Gasteiger partial charge in [0.25, 0.3) is 0 Å². The van der Waals surface area contributed by atoms with Crippen molar-refractivity contribution in [2.75, 3.05) is 0 Å². The fourth-order valence-corrected chi connectivity index (χ4v) is 3.54. The Bertz CT molecular complexity index is 1670. The van der Waals surface area contributed by atoms with E-state index in [1.54, 1.807) is 24.4 Å². The fourth-order valence-electron chi connectivity index (χ4n) is 3.54. The Hall–Kier alpha value is -3.59. The molecule has 3 heterocycles. The van der Waals surface area contributed by atoms with Gasteiger partial charge in [-0.2, -0.15) is 0 Å². The summed E-state index contributed by atoms with van der Waals surface area (Å²) in [5, 5.41) is 2.04. The molecule has 1 radical (unpaired) electrons. The van der Waals surface area contributed by atoms with Crippen LogP contribution in [0.4, 0.5) is 0 Å². The van der Waals surface area contributed by atoms with Crippen LogP contribution >= 0.6 is 0 Å². The van der Waals surface area contributed by atoms with Crippen LogP contribution in [0.5, 0.6) is 0 Å². The maximum atomic E-state index is 7.42. The molecule has 0 unspecified atom stereocenters. The van der Waals surface area contributed by atoms with Crippen LogP contribution in [0, 0.1) is 25.9 Å². The van der Waals surface area contributed by atoms with Gasteiger partial charge in [0.1, 0.15) is 5.58 Å². The summed E-state index contributed by atoms with van der Waals surface area (Å²) in [6, 6.07) is 32.3. The van der Waals surface area contributed by atoms with Crippen molar-refractivity contribution < 1.29 is 31.4 Å². The van der Waals surface area contributed by atoms with Crippen molar-refractivity contribution in [2.24, 2.45) is 0 Å². The monoisotopic (exact) mass is 624 g/mol. The average Bonchev–Trinajstić information content (AvgIpc) is 3.33. The number of pyridine rings is 2. The smallest absolute Gasteiger partial charge is 0.120 e. The van der Waals surface area contributed by atoms with Gasteiger partial charge in [0.2, 0.25) is 0 Å². The largest absolute Gasteiger partial charge is 0.501 e. The summed E-state index contributed by atoms with van der Waals surface area (Å²) < 4.78 is 42.6. The third-order valence-electron chi connectivity index (χ3n) is 5.13. The number of furan rings is 1. The van der Waals surface area contributed by atoms with Crippen molar-refractivity contribution in [3.05, 3.63) is 121 Å². The summed E-state index contributed by atoms with van der Waals surface area (Å²) in [5.74, 6) is 0. The topological polar surface area (TPSA) is 38.9 Å². The first kappa shape index (κ1) is 17.8. The van der Waals surface area contributed by atoms with E-state index in [0.717, 1.165) is 33.2 Å². The molecule has 0 aliphatic carbocycles. The summed E-state index contributed by atoms with van der Waals surface area (Å²) in [5.41, 5.74) is 5.46. The summed E-state index contributed by atoms with van der Waals surface area (Å²) in [7, 11) is 0. The number of hydrogen-bond acceptors (Lipinski definition) is 3. The summed E-state index contributed by atoms with van der Waals surface area (Å²) in [4.78, 5) is 8.48. The van der Waals surface area contributed by atoms with E-state index in [1.807, 2.05) is 66.7 Å². The molecule has 4 heteroatoms. The van der Waals surface area contributed by atoms with E-state index < -0.39 is 13.7 Å². The normalized spacial score (nSPS) is 13.0. The molecule has 6 aromatic rings. The van der Waals surface area contributed by atoms with E-state index in [9.17, 15) is 0 Å². The van der Waals surface area contributed by atoms with Crippen LogP contribution in [0.1, 0.15) is 18.0 Å². The summed E-state index contributed by atoms with van der Waals surface area (Å²) >= 11 is 0. The predicted molar refractivity (Wildman–Crippen MR) is 134 cm³/mol. The van der Waals surface area contributed by atoms with Crippen molar-refractivity contribution in [3.63, 3.8) is 0 Å². The van der Waals surface area contributed by atoms with Crippen molar-refractivity contribution in [3.8, 4) is 22.5 Å². The van der Waals surface area contributed by atoms with Crippen LogP contribution in [0.25, 0.3) is 44.5 Å². The quantitative estimate of drug-likeness (QED) is 0.187. The van der Waals surface area contributed by atoms with Gasteiger partial charge in [-0.25, -0.2) is 0 Å². The molecule has 6 rings (SSSR count). The number of rotatable bonds is 2. The van der Waals surface area contributed by atoms with E-state index in [2.05, 4.69) is 22.1 Å². The van der Waals surface area contributed by atoms with Crippen LogP contribution in [0.15, 0.2) is 102 Å². The molecule has 3 aromatic carbocycles. The van der Waals surface area contributed by atoms with E-state index >= 15 is 0 Å². The number of fused-ring (bicyclic) bond motifs is 3. The molecule has 3 nitrogen and oxygen atoms in total. The summed E-state index contributed by atoms with van der Waals surface area (Å²) in [6.45, 7) is -3.12. The molecule has 0 saturated heterocycles. The van der Waals surface area contributed by atoms with Crippen LogP contribution in [-0.2, 0) is 20.1 Å². The van der Waals surface area contributed by atoms with Crippen LogP contribution < -0.4 is 0 Å². The third-order valence-corrected chi connectivity index (χ3v) is 5.13. The molecular weight excluding hydrogens is 597 g/mol. The Balaban J connectivity index is 0.000000192. The first-order valence-corrected chi connectivity index (χ1v) is 10.4. The molecule has 0 aliphatic rings. The van der Waals surface area contributed by atoms with Crippen molar-refractivity contribution >= 4 is 21.9 Å². The van der Waals surface area contributed by atoms with Crippen molar-refractivity contribution in [1.29, 1.82) is 0 Å². The zero-order valence-electron chi connectivity index (χ0n) is 23.0. The van der Waals surface area contributed by atoms with Crippen LogP contribution in [0.3, 0.4) is 0 Å². The van der Waals surface area contributed by atoms with Crippen molar-refractivity contribution in [2.45, 2.75) is 13.7 Å². The summed E-state index contributed by atoms with van der Waals surface area (Å²) in [6.07, 6.45) is 2.96. The fraction of sp³-hybridized carbons (Fsp3) is 0.0667. The first-order valence-electron chi connectivity index (χ1n) is 13.0. The van der Waals surface area contributed by atoms with E-state index in [1.165, 1.54) is 6.20 Å². The van der Waals surface area contributed by atoms with Gasteiger partial charge in [0.15, 0.2) is 0 Å². The molecule has 169 valence electrons. The van der Waals surface area contributed by atoms with E-state index in [4.69, 9.17) is 11.3 Å². The number of aryl methyl sites for hydroxylation is 2. The van der Waals surface area contributed by atoms with Crippen LogP contribution in [0.2, 0.25) is 0 Å². The minimum absolute atomic E-state index is 0. The molecule has 0 fully saturated rings. The van der Waals surface area contributed by atoms with Gasteiger partial charge in [0.05, 0.1) is 5.58 Å². The minimum Gasteiger partial charge on any atom is -0.501 e. The first-order chi connectivity index (χ1) is 18.3. The van der Waals surface area contributed by atoms with Gasteiger partial charge < -0.3 is 14.4 Å². The molecular formula is C30H22IrN2O-2. The number of para-hydroxylation sites is 1. The molecule has 34 heavy (non-hydrogen) atoms.